The normalized spacial score (nSPS) is 27.3. The molecule has 0 aromatic rings. The van der Waals surface area contributed by atoms with Crippen molar-refractivity contribution >= 4 is 8.32 Å². The van der Waals surface area contributed by atoms with Gasteiger partial charge in [0, 0.05) is 5.92 Å². The molecule has 156 valence electrons. The molecular formula is C24H44O2Si. The highest BCUT2D eigenvalue weighted by atomic mass is 28.4. The van der Waals surface area contributed by atoms with Crippen LogP contribution in [0.5, 0.6) is 0 Å². The van der Waals surface area contributed by atoms with Crippen molar-refractivity contribution in [3.05, 3.63) is 24.3 Å². The third kappa shape index (κ3) is 5.58. The van der Waals surface area contributed by atoms with Crippen LogP contribution in [0, 0.1) is 11.8 Å². The van der Waals surface area contributed by atoms with E-state index in [4.69, 9.17) is 4.43 Å². The predicted octanol–water partition coefficient (Wildman–Crippen LogP) is 7.01. The summed E-state index contributed by atoms with van der Waals surface area (Å²) in [6.07, 6.45) is 14.5. The van der Waals surface area contributed by atoms with Crippen LogP contribution in [0.15, 0.2) is 24.3 Å². The van der Waals surface area contributed by atoms with E-state index in [2.05, 4.69) is 53.4 Å². The van der Waals surface area contributed by atoms with Crippen molar-refractivity contribution in [1.29, 1.82) is 0 Å². The summed E-state index contributed by atoms with van der Waals surface area (Å²) in [6, 6.07) is 0. The van der Waals surface area contributed by atoms with Crippen LogP contribution in [-0.2, 0) is 4.43 Å². The van der Waals surface area contributed by atoms with E-state index < -0.39 is 8.32 Å². The summed E-state index contributed by atoms with van der Waals surface area (Å²) in [7, 11) is -1.83. The minimum atomic E-state index is -1.83. The van der Waals surface area contributed by atoms with E-state index in [9.17, 15) is 5.11 Å². The Kier molecular flexibility index (Phi) is 7.60. The van der Waals surface area contributed by atoms with Crippen LogP contribution >= 0.6 is 0 Å². The van der Waals surface area contributed by atoms with Crippen molar-refractivity contribution in [2.24, 2.45) is 11.8 Å². The molecule has 3 atom stereocenters. The SMILES string of the molecule is C=CC[C@@H]1C(CCC(C)(O[Si](C)(C)C(C)(C)C)C2CCCCC2)=CC[C@@H]1O. The Morgan fingerprint density at radius 3 is 2.37 bits per heavy atom. The fourth-order valence-corrected chi connectivity index (χ4v) is 6.53. The van der Waals surface area contributed by atoms with Gasteiger partial charge >= 0.3 is 0 Å². The highest BCUT2D eigenvalue weighted by Gasteiger charge is 2.46. The van der Waals surface area contributed by atoms with Gasteiger partial charge in [0.25, 0.3) is 0 Å². The van der Waals surface area contributed by atoms with Gasteiger partial charge in [-0.3, -0.25) is 0 Å². The Balaban J connectivity index is 2.16. The minimum Gasteiger partial charge on any atom is -0.411 e. The molecule has 27 heavy (non-hydrogen) atoms. The summed E-state index contributed by atoms with van der Waals surface area (Å²) in [5.74, 6) is 0.941. The third-order valence-corrected chi connectivity index (χ3v) is 12.2. The van der Waals surface area contributed by atoms with Gasteiger partial charge in [0.2, 0.25) is 0 Å². The van der Waals surface area contributed by atoms with Crippen LogP contribution in [-0.4, -0.2) is 25.1 Å². The van der Waals surface area contributed by atoms with Crippen molar-refractivity contribution < 1.29 is 9.53 Å². The number of aliphatic hydroxyl groups is 1. The largest absolute Gasteiger partial charge is 0.411 e. The Morgan fingerprint density at radius 1 is 1.19 bits per heavy atom. The summed E-state index contributed by atoms with van der Waals surface area (Å²) >= 11 is 0. The maximum atomic E-state index is 10.3. The molecule has 0 radical (unpaired) electrons. The molecule has 1 saturated carbocycles. The topological polar surface area (TPSA) is 29.5 Å². The Labute approximate surface area is 169 Å². The first-order valence-corrected chi connectivity index (χ1v) is 14.1. The Bertz CT molecular complexity index is 525. The van der Waals surface area contributed by atoms with Crippen molar-refractivity contribution in [3.63, 3.8) is 0 Å². The first-order valence-electron chi connectivity index (χ1n) is 11.2. The monoisotopic (exact) mass is 392 g/mol. The highest BCUT2D eigenvalue weighted by molar-refractivity contribution is 6.74. The lowest BCUT2D eigenvalue weighted by Crippen LogP contribution is -2.52. The number of hydrogen-bond donors (Lipinski definition) is 1. The average Bonchev–Trinajstić information content (AvgIpc) is 2.93. The molecule has 2 aliphatic carbocycles. The Hall–Kier alpha value is -0.383. The lowest BCUT2D eigenvalue weighted by molar-refractivity contribution is -0.0119. The van der Waals surface area contributed by atoms with Crippen LogP contribution in [0.3, 0.4) is 0 Å². The van der Waals surface area contributed by atoms with Gasteiger partial charge in [-0.2, -0.15) is 0 Å². The molecule has 2 nitrogen and oxygen atoms in total. The lowest BCUT2D eigenvalue weighted by atomic mass is 9.75. The number of aliphatic hydroxyl groups excluding tert-OH is 1. The van der Waals surface area contributed by atoms with Gasteiger partial charge in [-0.15, -0.1) is 6.58 Å². The van der Waals surface area contributed by atoms with Crippen LogP contribution < -0.4 is 0 Å². The van der Waals surface area contributed by atoms with Crippen LogP contribution in [0.25, 0.3) is 0 Å². The second-order valence-corrected chi connectivity index (χ2v) is 15.4. The maximum absolute atomic E-state index is 10.3. The smallest absolute Gasteiger partial charge is 0.192 e. The quantitative estimate of drug-likeness (QED) is 0.355. The fourth-order valence-electron chi connectivity index (χ4n) is 4.79. The number of rotatable bonds is 8. The van der Waals surface area contributed by atoms with Gasteiger partial charge in [-0.05, 0) is 69.5 Å². The van der Waals surface area contributed by atoms with Crippen molar-refractivity contribution in [2.45, 2.75) is 115 Å². The molecule has 1 N–H and O–H groups in total. The summed E-state index contributed by atoms with van der Waals surface area (Å²) in [5.41, 5.74) is 1.39. The average molecular weight is 393 g/mol. The summed E-state index contributed by atoms with van der Waals surface area (Å²) in [4.78, 5) is 0. The number of allylic oxidation sites excluding steroid dienone is 1. The summed E-state index contributed by atoms with van der Waals surface area (Å²) in [5, 5.41) is 10.6. The summed E-state index contributed by atoms with van der Waals surface area (Å²) < 4.78 is 7.14. The van der Waals surface area contributed by atoms with Crippen LogP contribution in [0.1, 0.15) is 85.5 Å². The zero-order chi connectivity index (χ0) is 20.3. The zero-order valence-corrected chi connectivity index (χ0v) is 19.8. The van der Waals surface area contributed by atoms with E-state index >= 15 is 0 Å². The van der Waals surface area contributed by atoms with Crippen molar-refractivity contribution in [3.8, 4) is 0 Å². The van der Waals surface area contributed by atoms with E-state index in [1.54, 1.807) is 0 Å². The first-order chi connectivity index (χ1) is 12.5. The van der Waals surface area contributed by atoms with E-state index in [0.717, 1.165) is 25.7 Å². The molecule has 0 aromatic heterocycles. The Morgan fingerprint density at radius 2 is 1.81 bits per heavy atom. The second-order valence-electron chi connectivity index (χ2n) is 10.7. The molecule has 0 saturated heterocycles. The third-order valence-electron chi connectivity index (χ3n) is 7.66. The maximum Gasteiger partial charge on any atom is 0.192 e. The predicted molar refractivity (Wildman–Crippen MR) is 120 cm³/mol. The fraction of sp³-hybridized carbons (Fsp3) is 0.833. The molecular weight excluding hydrogens is 348 g/mol. The van der Waals surface area contributed by atoms with Gasteiger partial charge in [-0.1, -0.05) is 57.8 Å². The molecule has 0 aromatic carbocycles. The lowest BCUT2D eigenvalue weighted by Gasteiger charge is -2.49. The summed E-state index contributed by atoms with van der Waals surface area (Å²) in [6.45, 7) is 18.1. The van der Waals surface area contributed by atoms with Gasteiger partial charge < -0.3 is 9.53 Å². The first kappa shape index (κ1) is 22.9. The van der Waals surface area contributed by atoms with E-state index in [1.807, 2.05) is 6.08 Å². The van der Waals surface area contributed by atoms with Crippen LogP contribution in [0.4, 0.5) is 0 Å². The molecule has 0 heterocycles. The molecule has 1 fully saturated rings. The molecule has 2 rings (SSSR count). The van der Waals surface area contributed by atoms with Gasteiger partial charge in [-0.25, -0.2) is 0 Å². The van der Waals surface area contributed by atoms with Gasteiger partial charge in [0.15, 0.2) is 8.32 Å². The molecule has 0 amide bonds. The van der Waals surface area contributed by atoms with Gasteiger partial charge in [0.05, 0.1) is 11.7 Å². The number of hydrogen-bond acceptors (Lipinski definition) is 2. The van der Waals surface area contributed by atoms with Gasteiger partial charge in [0.1, 0.15) is 0 Å². The molecule has 1 unspecified atom stereocenters. The molecule has 0 bridgehead atoms. The van der Waals surface area contributed by atoms with E-state index in [0.29, 0.717) is 5.92 Å². The minimum absolute atomic E-state index is 0.0451. The van der Waals surface area contributed by atoms with E-state index in [-0.39, 0.29) is 22.7 Å². The zero-order valence-electron chi connectivity index (χ0n) is 18.8. The second kappa shape index (κ2) is 8.96. The molecule has 0 aliphatic heterocycles. The molecule has 2 aliphatic rings. The van der Waals surface area contributed by atoms with Crippen molar-refractivity contribution in [2.75, 3.05) is 0 Å². The molecule has 3 heteroatoms. The van der Waals surface area contributed by atoms with Crippen LogP contribution in [0.2, 0.25) is 18.1 Å². The standard InChI is InChI=1S/C24H44O2Si/c1-8-12-21-19(15-16-22(21)25)17-18-24(5,20-13-10-9-11-14-20)26-27(6,7)23(2,3)4/h8,15,20-22,25H,1,9-14,16-18H2,2-7H3/t21-,22+,24?/m1/s1. The highest BCUT2D eigenvalue weighted by Crippen LogP contribution is 2.46. The molecule has 0 spiro atoms. The van der Waals surface area contributed by atoms with Crippen molar-refractivity contribution in [1.82, 2.24) is 0 Å². The van der Waals surface area contributed by atoms with E-state index in [1.165, 1.54) is 37.7 Å².